The van der Waals surface area contributed by atoms with Crippen molar-refractivity contribution in [2.24, 2.45) is 5.10 Å². The Bertz CT molecular complexity index is 379. The highest BCUT2D eigenvalue weighted by Gasteiger charge is 2.03. The lowest BCUT2D eigenvalue weighted by atomic mass is 10.5. The van der Waals surface area contributed by atoms with Crippen molar-refractivity contribution in [1.82, 2.24) is 15.6 Å². The van der Waals surface area contributed by atoms with Crippen LogP contribution in [-0.2, 0) is 6.54 Å². The third-order valence-corrected chi connectivity index (χ3v) is 2.85. The van der Waals surface area contributed by atoms with Crippen LogP contribution in [0.1, 0.15) is 4.88 Å². The Morgan fingerprint density at radius 2 is 2.60 bits per heavy atom. The monoisotopic (exact) mass is 293 g/mol. The van der Waals surface area contributed by atoms with Gasteiger partial charge in [-0.05, 0) is 15.9 Å². The van der Waals surface area contributed by atoms with Crippen LogP contribution in [0.2, 0.25) is 0 Å². The normalized spacial score (nSPS) is 11.2. The van der Waals surface area contributed by atoms with Gasteiger partial charge < -0.3 is 10.6 Å². The molecule has 82 valence electrons. The summed E-state index contributed by atoms with van der Waals surface area (Å²) in [7, 11) is 1.55. The SMILES string of the molecule is CN/C(=N/[N+](=O)[O-])NCc1cnc(Br)s1. The van der Waals surface area contributed by atoms with Crippen LogP contribution in [-0.4, -0.2) is 23.0 Å². The van der Waals surface area contributed by atoms with Crippen molar-refractivity contribution in [2.75, 3.05) is 7.05 Å². The van der Waals surface area contributed by atoms with Gasteiger partial charge in [-0.3, -0.25) is 0 Å². The van der Waals surface area contributed by atoms with E-state index in [0.29, 0.717) is 6.54 Å². The summed E-state index contributed by atoms with van der Waals surface area (Å²) in [5.41, 5.74) is 0. The van der Waals surface area contributed by atoms with Crippen LogP contribution in [0, 0.1) is 10.1 Å². The maximum Gasteiger partial charge on any atom is 0.268 e. The highest BCUT2D eigenvalue weighted by molar-refractivity contribution is 9.11. The van der Waals surface area contributed by atoms with Gasteiger partial charge in [-0.1, -0.05) is 0 Å². The number of thiazole rings is 1. The predicted octanol–water partition coefficient (Wildman–Crippen LogP) is 0.762. The number of hydrogen-bond acceptors (Lipinski definition) is 4. The van der Waals surface area contributed by atoms with E-state index in [1.807, 2.05) is 0 Å². The molecular formula is C6H8BrN5O2S. The van der Waals surface area contributed by atoms with E-state index in [1.165, 1.54) is 11.3 Å². The quantitative estimate of drug-likeness (QED) is 0.371. The summed E-state index contributed by atoms with van der Waals surface area (Å²) in [6.07, 6.45) is 1.68. The van der Waals surface area contributed by atoms with Gasteiger partial charge in [0, 0.05) is 18.1 Å². The van der Waals surface area contributed by atoms with Gasteiger partial charge >= 0.3 is 0 Å². The van der Waals surface area contributed by atoms with Gasteiger partial charge in [0.2, 0.25) is 0 Å². The number of nitrogens with zero attached hydrogens (tertiary/aromatic N) is 3. The molecule has 0 unspecified atom stereocenters. The maximum absolute atomic E-state index is 10.1. The van der Waals surface area contributed by atoms with Gasteiger partial charge in [-0.25, -0.2) is 15.1 Å². The predicted molar refractivity (Wildman–Crippen MR) is 60.1 cm³/mol. The third kappa shape index (κ3) is 4.21. The minimum Gasteiger partial charge on any atom is -0.354 e. The number of nitrogens with one attached hydrogen (secondary N) is 2. The van der Waals surface area contributed by atoms with Gasteiger partial charge in [0.15, 0.2) is 8.95 Å². The molecule has 2 N–H and O–H groups in total. The summed E-state index contributed by atoms with van der Waals surface area (Å²) in [6.45, 7) is 0.441. The highest BCUT2D eigenvalue weighted by atomic mass is 79.9. The average Bonchev–Trinajstić information content (AvgIpc) is 2.58. The first kappa shape index (κ1) is 11.9. The van der Waals surface area contributed by atoms with Crippen molar-refractivity contribution in [3.05, 3.63) is 25.1 Å². The Morgan fingerprint density at radius 1 is 1.87 bits per heavy atom. The molecule has 0 aliphatic rings. The minimum atomic E-state index is -0.762. The number of guanidine groups is 1. The maximum atomic E-state index is 10.1. The number of rotatable bonds is 3. The lowest BCUT2D eigenvalue weighted by Crippen LogP contribution is -2.34. The molecule has 0 radical (unpaired) electrons. The number of halogens is 1. The molecule has 0 aromatic carbocycles. The van der Waals surface area contributed by atoms with E-state index in [9.17, 15) is 10.1 Å². The second-order valence-corrected chi connectivity index (χ2v) is 4.76. The van der Waals surface area contributed by atoms with Gasteiger partial charge in [-0.15, -0.1) is 11.3 Å². The molecule has 1 heterocycles. The molecule has 0 saturated heterocycles. The largest absolute Gasteiger partial charge is 0.354 e. The molecule has 15 heavy (non-hydrogen) atoms. The fourth-order valence-electron chi connectivity index (χ4n) is 0.792. The average molecular weight is 294 g/mol. The first-order chi connectivity index (χ1) is 7.11. The summed E-state index contributed by atoms with van der Waals surface area (Å²) in [6, 6.07) is 0. The Labute approximate surface area is 97.9 Å². The zero-order valence-corrected chi connectivity index (χ0v) is 10.1. The van der Waals surface area contributed by atoms with Crippen molar-refractivity contribution < 1.29 is 5.03 Å². The summed E-state index contributed by atoms with van der Waals surface area (Å²) >= 11 is 4.67. The lowest BCUT2D eigenvalue weighted by molar-refractivity contribution is -0.485. The Balaban J connectivity index is 2.51. The van der Waals surface area contributed by atoms with Crippen LogP contribution in [0.3, 0.4) is 0 Å². The van der Waals surface area contributed by atoms with Gasteiger partial charge in [-0.2, -0.15) is 0 Å². The molecule has 0 saturated carbocycles. The molecule has 1 rings (SSSR count). The molecule has 0 aliphatic carbocycles. The fourth-order valence-corrected chi connectivity index (χ4v) is 2.09. The van der Waals surface area contributed by atoms with Crippen LogP contribution >= 0.6 is 27.3 Å². The first-order valence-corrected chi connectivity index (χ1v) is 5.47. The summed E-state index contributed by atoms with van der Waals surface area (Å²) < 4.78 is 0.775. The zero-order chi connectivity index (χ0) is 11.3. The molecule has 1 aromatic heterocycles. The molecule has 0 fully saturated rings. The summed E-state index contributed by atoms with van der Waals surface area (Å²) in [5.74, 6) is 0.115. The number of hydrazone groups is 1. The van der Waals surface area contributed by atoms with E-state index in [4.69, 9.17) is 0 Å². The fraction of sp³-hybridized carbons (Fsp3) is 0.333. The van der Waals surface area contributed by atoms with E-state index in [1.54, 1.807) is 13.2 Å². The van der Waals surface area contributed by atoms with E-state index in [2.05, 4.69) is 36.6 Å². The van der Waals surface area contributed by atoms with E-state index >= 15 is 0 Å². The second kappa shape index (κ2) is 5.61. The van der Waals surface area contributed by atoms with Gasteiger partial charge in [0.25, 0.3) is 5.96 Å². The van der Waals surface area contributed by atoms with Crippen molar-refractivity contribution in [1.29, 1.82) is 0 Å². The Hall–Kier alpha value is -1.22. The highest BCUT2D eigenvalue weighted by Crippen LogP contribution is 2.17. The van der Waals surface area contributed by atoms with E-state index < -0.39 is 5.03 Å². The standard InChI is InChI=1S/C6H8BrN5O2S/c1-8-6(11-12(13)14)10-3-4-2-9-5(7)15-4/h2H,3H2,1H3,(H2,8,10,11). The van der Waals surface area contributed by atoms with Crippen LogP contribution < -0.4 is 10.6 Å². The lowest BCUT2D eigenvalue weighted by Gasteiger charge is -2.03. The van der Waals surface area contributed by atoms with Crippen LogP contribution in [0.25, 0.3) is 0 Å². The number of nitro groups is 1. The summed E-state index contributed by atoms with van der Waals surface area (Å²) in [5, 5.41) is 17.8. The van der Waals surface area contributed by atoms with E-state index in [0.717, 1.165) is 8.79 Å². The number of aromatic nitrogens is 1. The zero-order valence-electron chi connectivity index (χ0n) is 7.73. The van der Waals surface area contributed by atoms with Crippen molar-refractivity contribution in [3.63, 3.8) is 0 Å². The number of hydrogen-bond donors (Lipinski definition) is 2. The Kier molecular flexibility index (Phi) is 4.43. The second-order valence-electron chi connectivity index (χ2n) is 2.37. The van der Waals surface area contributed by atoms with Crippen LogP contribution in [0.4, 0.5) is 0 Å². The molecule has 1 aromatic rings. The van der Waals surface area contributed by atoms with Crippen LogP contribution in [0.5, 0.6) is 0 Å². The van der Waals surface area contributed by atoms with Gasteiger partial charge in [0.1, 0.15) is 5.10 Å². The topological polar surface area (TPSA) is 92.5 Å². The summed E-state index contributed by atoms with van der Waals surface area (Å²) in [4.78, 5) is 15.0. The molecule has 0 bridgehead atoms. The Morgan fingerprint density at radius 3 is 3.07 bits per heavy atom. The molecule has 0 amide bonds. The van der Waals surface area contributed by atoms with E-state index in [-0.39, 0.29) is 5.96 Å². The molecule has 9 heteroatoms. The third-order valence-electron chi connectivity index (χ3n) is 1.37. The first-order valence-electron chi connectivity index (χ1n) is 3.86. The smallest absolute Gasteiger partial charge is 0.268 e. The molecule has 0 aliphatic heterocycles. The van der Waals surface area contributed by atoms with Crippen molar-refractivity contribution >= 4 is 33.2 Å². The molecule has 0 spiro atoms. The van der Waals surface area contributed by atoms with Gasteiger partial charge in [0.05, 0.1) is 6.54 Å². The van der Waals surface area contributed by atoms with Crippen LogP contribution in [0.15, 0.2) is 15.2 Å². The minimum absolute atomic E-state index is 0.115. The molecule has 0 atom stereocenters. The van der Waals surface area contributed by atoms with Crippen molar-refractivity contribution in [3.8, 4) is 0 Å². The van der Waals surface area contributed by atoms with Crippen molar-refractivity contribution in [2.45, 2.75) is 6.54 Å². The molecular weight excluding hydrogens is 286 g/mol. The molecule has 7 nitrogen and oxygen atoms in total.